The van der Waals surface area contributed by atoms with Crippen molar-refractivity contribution in [2.24, 2.45) is 0 Å². The zero-order chi connectivity index (χ0) is 31.8. The van der Waals surface area contributed by atoms with Crippen molar-refractivity contribution in [3.8, 4) is 29.0 Å². The van der Waals surface area contributed by atoms with E-state index >= 15 is 0 Å². The van der Waals surface area contributed by atoms with Gasteiger partial charge in [-0.15, -0.1) is 0 Å². The van der Waals surface area contributed by atoms with Crippen LogP contribution in [0.15, 0.2) is 42.6 Å². The Morgan fingerprint density at radius 3 is 2.47 bits per heavy atom. The van der Waals surface area contributed by atoms with Crippen molar-refractivity contribution in [3.63, 3.8) is 0 Å². The highest BCUT2D eigenvalue weighted by Gasteiger charge is 2.30. The number of hydrogen-bond acceptors (Lipinski definition) is 12. The lowest BCUT2D eigenvalue weighted by atomic mass is 10.1. The van der Waals surface area contributed by atoms with Crippen molar-refractivity contribution in [2.45, 2.75) is 38.3 Å². The molecule has 3 aliphatic heterocycles. The molecular formula is C32H40N8O5. The number of aliphatic hydroxyl groups excluding tert-OH is 1. The van der Waals surface area contributed by atoms with Gasteiger partial charge in [0.15, 0.2) is 0 Å². The van der Waals surface area contributed by atoms with Gasteiger partial charge in [0.05, 0.1) is 37.6 Å². The summed E-state index contributed by atoms with van der Waals surface area (Å²) < 4.78 is 10.9. The molecule has 1 amide bonds. The van der Waals surface area contributed by atoms with Gasteiger partial charge >= 0.3 is 0 Å². The molecule has 3 aliphatic rings. The van der Waals surface area contributed by atoms with Crippen LogP contribution in [0.3, 0.4) is 0 Å². The third-order valence-corrected chi connectivity index (χ3v) is 8.16. The molecule has 5 heterocycles. The highest BCUT2D eigenvalue weighted by molar-refractivity contribution is 5.80. The number of amides is 1. The number of phenolic OH excluding ortho intramolecular Hbond substituents is 1. The number of hydrogen-bond donors (Lipinski definition) is 3. The number of nitriles is 1. The number of aromatic hydroxyl groups is 1. The minimum absolute atomic E-state index is 0.0616. The van der Waals surface area contributed by atoms with Crippen LogP contribution in [0.2, 0.25) is 0 Å². The largest absolute Gasteiger partial charge is 0.507 e. The fourth-order valence-corrected chi connectivity index (χ4v) is 5.51. The minimum atomic E-state index is -0.826. The van der Waals surface area contributed by atoms with Gasteiger partial charge in [0, 0.05) is 51.0 Å². The number of aromatic nitrogens is 3. The summed E-state index contributed by atoms with van der Waals surface area (Å²) in [6.07, 6.45) is 4.18. The maximum Gasteiger partial charge on any atom is 0.251 e. The molecule has 13 heteroatoms. The number of methoxy groups -OCH3 is 1. The van der Waals surface area contributed by atoms with Gasteiger partial charge in [0.1, 0.15) is 29.4 Å². The summed E-state index contributed by atoms with van der Waals surface area (Å²) in [5, 5.41) is 31.0. The zero-order valence-electron chi connectivity index (χ0n) is 25.7. The predicted octanol–water partition coefficient (Wildman–Crippen LogP) is 2.77. The standard InChI is InChI=1S/C24H25N7O3.C8H15NO2/c1-33-23-20(31-10-8-30(9-11-31)18-14-34-15-18)3-5-22(28-23)29-24-26-7-6-19(27-24)16-2-4-21(32)17(12-16)13-25;1-7(10)8(11)9-5-3-2-4-6-9/h2-7,12,18,32H,8-11,14-15H2,1H3,(H,26,27,28,29);7,10H,2-6H2,1H3. The van der Waals surface area contributed by atoms with Crippen LogP contribution in [0.1, 0.15) is 31.7 Å². The van der Waals surface area contributed by atoms with Crippen molar-refractivity contribution in [3.05, 3.63) is 48.2 Å². The fraction of sp³-hybridized carbons (Fsp3) is 0.469. The molecular weight excluding hydrogens is 576 g/mol. The fourth-order valence-electron chi connectivity index (χ4n) is 5.51. The summed E-state index contributed by atoms with van der Waals surface area (Å²) in [5.41, 5.74) is 2.47. The number of piperazine rings is 1. The summed E-state index contributed by atoms with van der Waals surface area (Å²) >= 11 is 0. The predicted molar refractivity (Wildman–Crippen MR) is 168 cm³/mol. The van der Waals surface area contributed by atoms with Crippen LogP contribution in [-0.4, -0.2) is 113 Å². The van der Waals surface area contributed by atoms with E-state index in [0.717, 1.165) is 71.0 Å². The van der Waals surface area contributed by atoms with Gasteiger partial charge in [-0.3, -0.25) is 9.69 Å². The Morgan fingerprint density at radius 2 is 1.82 bits per heavy atom. The Morgan fingerprint density at radius 1 is 1.07 bits per heavy atom. The lowest BCUT2D eigenvalue weighted by molar-refractivity contribution is -0.140. The first-order chi connectivity index (χ1) is 21.9. The minimum Gasteiger partial charge on any atom is -0.507 e. The van der Waals surface area contributed by atoms with Gasteiger partial charge in [0.2, 0.25) is 11.8 Å². The van der Waals surface area contributed by atoms with E-state index in [1.54, 1.807) is 36.4 Å². The number of phenols is 1. The van der Waals surface area contributed by atoms with Crippen molar-refractivity contribution in [2.75, 3.05) is 69.8 Å². The number of benzene rings is 1. The molecule has 0 bridgehead atoms. The van der Waals surface area contributed by atoms with Crippen molar-refractivity contribution >= 4 is 23.4 Å². The van der Waals surface area contributed by atoms with Crippen LogP contribution in [0, 0.1) is 11.3 Å². The highest BCUT2D eigenvalue weighted by atomic mass is 16.5. The molecule has 0 spiro atoms. The van der Waals surface area contributed by atoms with Crippen LogP contribution in [0.25, 0.3) is 11.3 Å². The normalized spacial score (nSPS) is 17.7. The molecule has 0 radical (unpaired) electrons. The monoisotopic (exact) mass is 616 g/mol. The summed E-state index contributed by atoms with van der Waals surface area (Å²) in [5.74, 6) is 1.28. The SMILES string of the molecule is CC(O)C(=O)N1CCCCC1.COc1nc(Nc2nccc(-c3ccc(O)c(C#N)c3)n2)ccc1N1CCN(C2COC2)CC1. The van der Waals surface area contributed by atoms with Gasteiger partial charge in [-0.25, -0.2) is 9.97 Å². The molecule has 238 valence electrons. The molecule has 1 unspecified atom stereocenters. The van der Waals surface area contributed by atoms with Crippen molar-refractivity contribution < 1.29 is 24.5 Å². The summed E-state index contributed by atoms with van der Waals surface area (Å²) in [6, 6.07) is 12.9. The Balaban J connectivity index is 0.000000309. The van der Waals surface area contributed by atoms with E-state index in [2.05, 4.69) is 30.1 Å². The van der Waals surface area contributed by atoms with Crippen LogP contribution in [-0.2, 0) is 9.53 Å². The molecule has 0 saturated carbocycles. The Hall–Kier alpha value is -4.51. The van der Waals surface area contributed by atoms with Crippen LogP contribution in [0.5, 0.6) is 11.6 Å². The van der Waals surface area contributed by atoms with E-state index < -0.39 is 6.10 Å². The Bertz CT molecular complexity index is 1500. The number of aliphatic hydroxyl groups is 1. The molecule has 0 aliphatic carbocycles. The van der Waals surface area contributed by atoms with E-state index in [0.29, 0.717) is 34.9 Å². The number of carbonyl (C=O) groups excluding carboxylic acids is 1. The van der Waals surface area contributed by atoms with Gasteiger partial charge < -0.3 is 34.8 Å². The average molecular weight is 617 g/mol. The lowest BCUT2D eigenvalue weighted by Gasteiger charge is -2.43. The van der Waals surface area contributed by atoms with Crippen LogP contribution < -0.4 is 15.0 Å². The number of likely N-dealkylation sites (tertiary alicyclic amines) is 1. The molecule has 2 aromatic heterocycles. The quantitative estimate of drug-likeness (QED) is 0.357. The van der Waals surface area contributed by atoms with Gasteiger partial charge in [-0.05, 0) is 62.6 Å². The first kappa shape index (κ1) is 31.9. The molecule has 1 aromatic carbocycles. The topological polar surface area (TPSA) is 160 Å². The molecule has 3 aromatic rings. The maximum absolute atomic E-state index is 11.2. The number of carbonyl (C=O) groups is 1. The van der Waals surface area contributed by atoms with Crippen molar-refractivity contribution in [1.29, 1.82) is 5.26 Å². The summed E-state index contributed by atoms with van der Waals surface area (Å²) in [7, 11) is 1.62. The number of nitrogens with one attached hydrogen (secondary N) is 1. The van der Waals surface area contributed by atoms with Crippen LogP contribution >= 0.6 is 0 Å². The Kier molecular flexibility index (Phi) is 10.6. The van der Waals surface area contributed by atoms with E-state index in [1.807, 2.05) is 18.2 Å². The van der Waals surface area contributed by atoms with Gasteiger partial charge in [-0.1, -0.05) is 0 Å². The summed E-state index contributed by atoms with van der Waals surface area (Å²) in [6.45, 7) is 8.63. The van der Waals surface area contributed by atoms with E-state index in [9.17, 15) is 15.2 Å². The number of ether oxygens (including phenoxy) is 2. The van der Waals surface area contributed by atoms with E-state index in [-0.39, 0.29) is 17.2 Å². The Labute approximate surface area is 263 Å². The van der Waals surface area contributed by atoms with Crippen LogP contribution in [0.4, 0.5) is 17.5 Å². The number of rotatable bonds is 7. The second kappa shape index (κ2) is 15.0. The second-order valence-corrected chi connectivity index (χ2v) is 11.2. The molecule has 13 nitrogen and oxygen atoms in total. The third-order valence-electron chi connectivity index (χ3n) is 8.16. The molecule has 45 heavy (non-hydrogen) atoms. The zero-order valence-corrected chi connectivity index (χ0v) is 25.7. The molecule has 3 fully saturated rings. The molecule has 1 atom stereocenters. The lowest BCUT2D eigenvalue weighted by Crippen LogP contribution is -2.56. The average Bonchev–Trinajstić information content (AvgIpc) is 3.05. The highest BCUT2D eigenvalue weighted by Crippen LogP contribution is 2.30. The molecule has 3 N–H and O–H groups in total. The first-order valence-electron chi connectivity index (χ1n) is 15.3. The molecule has 3 saturated heterocycles. The summed E-state index contributed by atoms with van der Waals surface area (Å²) in [4.78, 5) is 31.1. The third kappa shape index (κ3) is 7.96. The first-order valence-corrected chi connectivity index (χ1v) is 15.3. The van der Waals surface area contributed by atoms with Gasteiger partial charge in [0.25, 0.3) is 5.91 Å². The number of pyridine rings is 1. The van der Waals surface area contributed by atoms with E-state index in [4.69, 9.17) is 14.6 Å². The number of nitrogens with zero attached hydrogens (tertiary/aromatic N) is 7. The second-order valence-electron chi connectivity index (χ2n) is 11.2. The van der Waals surface area contributed by atoms with Crippen molar-refractivity contribution in [1.82, 2.24) is 24.8 Å². The smallest absolute Gasteiger partial charge is 0.251 e. The van der Waals surface area contributed by atoms with Gasteiger partial charge in [-0.2, -0.15) is 10.2 Å². The maximum atomic E-state index is 11.2. The number of anilines is 3. The van der Waals surface area contributed by atoms with E-state index in [1.165, 1.54) is 19.4 Å². The number of piperidine rings is 1. The molecule has 6 rings (SSSR count).